The first-order chi connectivity index (χ1) is 13.1. The Kier molecular flexibility index (Phi) is 7.87. The highest BCUT2D eigenvalue weighted by Crippen LogP contribution is 2.36. The molecule has 0 spiro atoms. The van der Waals surface area contributed by atoms with Gasteiger partial charge in [-0.3, -0.25) is 4.90 Å². The van der Waals surface area contributed by atoms with Crippen LogP contribution in [-0.2, 0) is 12.3 Å². The van der Waals surface area contributed by atoms with Crippen LogP contribution in [-0.4, -0.2) is 49.4 Å². The number of benzene rings is 2. The molecule has 1 aliphatic heterocycles. The van der Waals surface area contributed by atoms with Crippen LogP contribution in [0, 0.1) is 0 Å². The normalized spacial score (nSPS) is 17.9. The van der Waals surface area contributed by atoms with Crippen molar-refractivity contribution >= 4 is 39.3 Å². The topological polar surface area (TPSA) is 44.7 Å². The minimum Gasteiger partial charge on any atom is -0.496 e. The molecule has 4 nitrogen and oxygen atoms in total. The predicted octanol–water partition coefficient (Wildman–Crippen LogP) is 4.17. The van der Waals surface area contributed by atoms with Gasteiger partial charge in [-0.1, -0.05) is 39.7 Å². The minimum absolute atomic E-state index is 0.140. The fourth-order valence-corrected chi connectivity index (χ4v) is 5.08. The van der Waals surface area contributed by atoms with E-state index in [1.807, 2.05) is 24.3 Å². The van der Waals surface area contributed by atoms with Gasteiger partial charge in [-0.05, 0) is 29.8 Å². The van der Waals surface area contributed by atoms with E-state index in [-0.39, 0.29) is 12.6 Å². The highest BCUT2D eigenvalue weighted by atomic mass is 79.9. The summed E-state index contributed by atoms with van der Waals surface area (Å²) < 4.78 is 6.52. The van der Waals surface area contributed by atoms with E-state index in [4.69, 9.17) is 16.3 Å². The number of aliphatic hydroxyl groups excluding tert-OH is 1. The van der Waals surface area contributed by atoms with E-state index >= 15 is 0 Å². The number of ether oxygens (including phenoxy) is 1. The van der Waals surface area contributed by atoms with Crippen LogP contribution in [0.15, 0.2) is 45.8 Å². The molecule has 0 radical (unpaired) electrons. The average Bonchev–Trinajstić information content (AvgIpc) is 2.68. The molecule has 7 heteroatoms. The van der Waals surface area contributed by atoms with Crippen molar-refractivity contribution in [1.29, 1.82) is 0 Å². The van der Waals surface area contributed by atoms with Gasteiger partial charge in [0, 0.05) is 52.9 Å². The van der Waals surface area contributed by atoms with Gasteiger partial charge in [0.25, 0.3) is 0 Å². The van der Waals surface area contributed by atoms with Gasteiger partial charge in [0.05, 0.1) is 18.7 Å². The van der Waals surface area contributed by atoms with Gasteiger partial charge < -0.3 is 15.2 Å². The Hall–Kier alpha value is -0.760. The van der Waals surface area contributed by atoms with Crippen molar-refractivity contribution < 1.29 is 9.84 Å². The molecule has 1 aliphatic rings. The van der Waals surface area contributed by atoms with Gasteiger partial charge in [-0.25, -0.2) is 0 Å². The maximum atomic E-state index is 9.67. The number of hydrogen-bond donors (Lipinski definition) is 2. The SMILES string of the molecule is COc1ccc(Br)cc1CSc1c(Cl)cccc1CN1CCNCC1CO. The highest BCUT2D eigenvalue weighted by molar-refractivity contribution is 9.10. The van der Waals surface area contributed by atoms with Gasteiger partial charge in [0.1, 0.15) is 5.75 Å². The summed E-state index contributed by atoms with van der Waals surface area (Å²) >= 11 is 11.8. The first-order valence-corrected chi connectivity index (χ1v) is 11.1. The Morgan fingerprint density at radius 2 is 2.19 bits per heavy atom. The number of nitrogens with one attached hydrogen (secondary N) is 1. The number of halogens is 2. The summed E-state index contributed by atoms with van der Waals surface area (Å²) in [4.78, 5) is 3.42. The average molecular weight is 472 g/mol. The molecule has 2 aromatic rings. The van der Waals surface area contributed by atoms with Crippen LogP contribution in [0.25, 0.3) is 0 Å². The molecule has 1 unspecified atom stereocenters. The van der Waals surface area contributed by atoms with Crippen LogP contribution in [0.2, 0.25) is 5.02 Å². The van der Waals surface area contributed by atoms with Crippen LogP contribution < -0.4 is 10.1 Å². The van der Waals surface area contributed by atoms with Crippen LogP contribution in [0.5, 0.6) is 5.75 Å². The Bertz CT molecular complexity index is 778. The van der Waals surface area contributed by atoms with E-state index in [9.17, 15) is 5.11 Å². The number of rotatable bonds is 7. The molecule has 0 saturated carbocycles. The largest absolute Gasteiger partial charge is 0.496 e. The van der Waals surface area contributed by atoms with Gasteiger partial charge in [-0.15, -0.1) is 11.8 Å². The zero-order valence-electron chi connectivity index (χ0n) is 15.3. The van der Waals surface area contributed by atoms with E-state index in [2.05, 4.69) is 38.3 Å². The van der Waals surface area contributed by atoms with E-state index in [0.717, 1.165) is 57.6 Å². The Balaban J connectivity index is 1.79. The molecule has 0 aliphatic carbocycles. The number of piperazine rings is 1. The van der Waals surface area contributed by atoms with Crippen LogP contribution in [0.1, 0.15) is 11.1 Å². The van der Waals surface area contributed by atoms with Crippen molar-refractivity contribution in [2.24, 2.45) is 0 Å². The minimum atomic E-state index is 0.140. The van der Waals surface area contributed by atoms with Crippen molar-refractivity contribution in [3.8, 4) is 5.75 Å². The molecule has 0 bridgehead atoms. The highest BCUT2D eigenvalue weighted by Gasteiger charge is 2.22. The van der Waals surface area contributed by atoms with Crippen molar-refractivity contribution in [3.63, 3.8) is 0 Å². The molecule has 1 heterocycles. The molecule has 3 rings (SSSR count). The van der Waals surface area contributed by atoms with E-state index in [1.54, 1.807) is 18.9 Å². The summed E-state index contributed by atoms with van der Waals surface area (Å²) in [6.07, 6.45) is 0. The van der Waals surface area contributed by atoms with Gasteiger partial charge >= 0.3 is 0 Å². The molecule has 1 saturated heterocycles. The van der Waals surface area contributed by atoms with Crippen LogP contribution >= 0.6 is 39.3 Å². The van der Waals surface area contributed by atoms with Gasteiger partial charge in [0.15, 0.2) is 0 Å². The van der Waals surface area contributed by atoms with Crippen LogP contribution in [0.4, 0.5) is 0 Å². The quantitative estimate of drug-likeness (QED) is 0.594. The fraction of sp³-hybridized carbons (Fsp3) is 0.400. The Morgan fingerprint density at radius 1 is 1.33 bits per heavy atom. The van der Waals surface area contributed by atoms with E-state index < -0.39 is 0 Å². The predicted molar refractivity (Wildman–Crippen MR) is 116 cm³/mol. The zero-order valence-corrected chi connectivity index (χ0v) is 18.4. The molecular formula is C20H24BrClN2O2S. The molecule has 2 aromatic carbocycles. The molecule has 2 N–H and O–H groups in total. The molecule has 0 aromatic heterocycles. The third-order valence-electron chi connectivity index (χ3n) is 4.72. The fourth-order valence-electron chi connectivity index (χ4n) is 3.26. The number of methoxy groups -OCH3 is 1. The Morgan fingerprint density at radius 3 is 2.96 bits per heavy atom. The summed E-state index contributed by atoms with van der Waals surface area (Å²) in [7, 11) is 1.69. The molecule has 27 heavy (non-hydrogen) atoms. The lowest BCUT2D eigenvalue weighted by molar-refractivity contribution is 0.0939. The number of hydrogen-bond acceptors (Lipinski definition) is 5. The third-order valence-corrected chi connectivity index (χ3v) is 6.87. The number of nitrogens with zero attached hydrogens (tertiary/aromatic N) is 1. The van der Waals surface area contributed by atoms with Crippen molar-refractivity contribution in [1.82, 2.24) is 10.2 Å². The standard InChI is InChI=1S/C20H24BrClN2O2S/c1-26-19-6-5-16(21)9-15(19)13-27-20-14(3-2-4-18(20)22)11-24-8-7-23-10-17(24)12-25/h2-6,9,17,23,25H,7-8,10-13H2,1H3. The monoisotopic (exact) mass is 470 g/mol. The lowest BCUT2D eigenvalue weighted by atomic mass is 10.1. The summed E-state index contributed by atoms with van der Waals surface area (Å²) in [6, 6.07) is 12.2. The van der Waals surface area contributed by atoms with Gasteiger partial charge in [-0.2, -0.15) is 0 Å². The lowest BCUT2D eigenvalue weighted by Gasteiger charge is -2.35. The maximum Gasteiger partial charge on any atom is 0.122 e. The maximum absolute atomic E-state index is 9.67. The molecule has 0 amide bonds. The molecule has 146 valence electrons. The number of thioether (sulfide) groups is 1. The van der Waals surface area contributed by atoms with E-state index in [1.165, 1.54) is 5.56 Å². The second kappa shape index (κ2) is 10.1. The second-order valence-corrected chi connectivity index (χ2v) is 8.79. The smallest absolute Gasteiger partial charge is 0.122 e. The summed E-state index contributed by atoms with van der Waals surface area (Å²) in [5.41, 5.74) is 2.32. The lowest BCUT2D eigenvalue weighted by Crippen LogP contribution is -2.52. The molecule has 1 atom stereocenters. The molecule has 1 fully saturated rings. The molecular weight excluding hydrogens is 448 g/mol. The summed E-state index contributed by atoms with van der Waals surface area (Å²) in [6.45, 7) is 3.61. The van der Waals surface area contributed by atoms with Crippen molar-refractivity contribution in [3.05, 3.63) is 57.0 Å². The first kappa shape index (κ1) is 21.0. The Labute approximate surface area is 178 Å². The number of aliphatic hydroxyl groups is 1. The van der Waals surface area contributed by atoms with E-state index in [0.29, 0.717) is 0 Å². The summed E-state index contributed by atoms with van der Waals surface area (Å²) in [5.74, 6) is 1.64. The van der Waals surface area contributed by atoms with Crippen LogP contribution in [0.3, 0.4) is 0 Å². The van der Waals surface area contributed by atoms with Crippen molar-refractivity contribution in [2.75, 3.05) is 33.4 Å². The van der Waals surface area contributed by atoms with Crippen molar-refractivity contribution in [2.45, 2.75) is 23.2 Å². The first-order valence-electron chi connectivity index (χ1n) is 8.90. The van der Waals surface area contributed by atoms with Gasteiger partial charge in [0.2, 0.25) is 0 Å². The third kappa shape index (κ3) is 5.40. The zero-order chi connectivity index (χ0) is 19.2. The summed E-state index contributed by atoms with van der Waals surface area (Å²) in [5, 5.41) is 13.8. The second-order valence-electron chi connectivity index (χ2n) is 6.48.